The first-order valence-corrected chi connectivity index (χ1v) is 4.01. The van der Waals surface area contributed by atoms with Gasteiger partial charge in [-0.05, 0) is 18.6 Å². The molecule has 0 amide bonds. The molecule has 1 aromatic heterocycles. The van der Waals surface area contributed by atoms with Crippen molar-refractivity contribution in [3.63, 3.8) is 0 Å². The molecule has 0 spiro atoms. The zero-order valence-corrected chi connectivity index (χ0v) is 7.35. The van der Waals surface area contributed by atoms with E-state index in [1.54, 1.807) is 6.92 Å². The molecule has 2 aromatic rings. The van der Waals surface area contributed by atoms with Gasteiger partial charge in [0, 0.05) is 0 Å². The lowest BCUT2D eigenvalue weighted by Crippen LogP contribution is -2.23. The quantitative estimate of drug-likeness (QED) is 0.647. The van der Waals surface area contributed by atoms with Crippen molar-refractivity contribution >= 4 is 10.9 Å². The van der Waals surface area contributed by atoms with Gasteiger partial charge in [0.25, 0.3) is 5.56 Å². The zero-order chi connectivity index (χ0) is 10.3. The van der Waals surface area contributed by atoms with Crippen LogP contribution in [0.4, 0.5) is 4.39 Å². The number of aromatic nitrogens is 2. The van der Waals surface area contributed by atoms with Crippen LogP contribution in [0.2, 0.25) is 0 Å². The minimum atomic E-state index is -0.702. The van der Waals surface area contributed by atoms with Crippen molar-refractivity contribution < 1.29 is 4.39 Å². The lowest BCUT2D eigenvalue weighted by Gasteiger charge is -2.00. The van der Waals surface area contributed by atoms with Gasteiger partial charge in [-0.15, -0.1) is 0 Å². The fraction of sp³-hybridized carbons (Fsp3) is 0.111. The van der Waals surface area contributed by atoms with E-state index in [1.165, 1.54) is 12.1 Å². The summed E-state index contributed by atoms with van der Waals surface area (Å²) in [5.41, 5.74) is -0.689. The molecule has 0 aliphatic rings. The number of fused-ring (bicyclic) bond motifs is 1. The average molecular weight is 194 g/mol. The molecular formula is C9H7FN2O2. The number of rotatable bonds is 0. The number of benzene rings is 1. The molecule has 0 unspecified atom stereocenters. The number of aromatic amines is 2. The molecule has 2 rings (SSSR count). The number of halogens is 1. The fourth-order valence-corrected chi connectivity index (χ4v) is 1.41. The molecule has 1 heterocycles. The summed E-state index contributed by atoms with van der Waals surface area (Å²) in [7, 11) is 0. The maximum absolute atomic E-state index is 13.2. The van der Waals surface area contributed by atoms with Crippen LogP contribution in [-0.2, 0) is 0 Å². The maximum Gasteiger partial charge on any atom is 0.326 e. The monoisotopic (exact) mass is 194 g/mol. The Kier molecular flexibility index (Phi) is 1.73. The van der Waals surface area contributed by atoms with Crippen molar-refractivity contribution in [3.8, 4) is 0 Å². The molecule has 4 nitrogen and oxygen atoms in total. The molecule has 2 N–H and O–H groups in total. The van der Waals surface area contributed by atoms with Crippen LogP contribution in [0.5, 0.6) is 0 Å². The van der Waals surface area contributed by atoms with E-state index in [4.69, 9.17) is 0 Å². The summed E-state index contributed by atoms with van der Waals surface area (Å²) in [6.45, 7) is 1.68. The SMILES string of the molecule is Cc1ccc(F)c2[nH]c(=O)[nH]c(=O)c12. The third kappa shape index (κ3) is 1.14. The van der Waals surface area contributed by atoms with Gasteiger partial charge < -0.3 is 4.98 Å². The first-order chi connectivity index (χ1) is 6.59. The minimum absolute atomic E-state index is 0.0428. The molecule has 0 radical (unpaired) electrons. The summed E-state index contributed by atoms with van der Waals surface area (Å²) < 4.78 is 13.2. The lowest BCUT2D eigenvalue weighted by atomic mass is 10.1. The van der Waals surface area contributed by atoms with Crippen molar-refractivity contribution in [2.75, 3.05) is 0 Å². The minimum Gasteiger partial charge on any atom is -0.304 e. The topological polar surface area (TPSA) is 65.7 Å². The number of H-pyrrole nitrogens is 2. The third-order valence-corrected chi connectivity index (χ3v) is 2.06. The summed E-state index contributed by atoms with van der Waals surface area (Å²) in [4.78, 5) is 26.5. The van der Waals surface area contributed by atoms with Crippen LogP contribution in [0.25, 0.3) is 10.9 Å². The molecule has 72 valence electrons. The second kappa shape index (κ2) is 2.80. The Labute approximate surface area is 77.4 Å². The summed E-state index contributed by atoms with van der Waals surface area (Å²) in [6.07, 6.45) is 0. The summed E-state index contributed by atoms with van der Waals surface area (Å²) in [5.74, 6) is -0.603. The van der Waals surface area contributed by atoms with Gasteiger partial charge >= 0.3 is 5.69 Å². The van der Waals surface area contributed by atoms with Gasteiger partial charge in [-0.2, -0.15) is 0 Å². The zero-order valence-electron chi connectivity index (χ0n) is 7.35. The maximum atomic E-state index is 13.2. The van der Waals surface area contributed by atoms with Gasteiger partial charge in [-0.1, -0.05) is 6.07 Å². The summed E-state index contributed by atoms with van der Waals surface area (Å²) >= 11 is 0. The van der Waals surface area contributed by atoms with Crippen LogP contribution in [0.3, 0.4) is 0 Å². The first-order valence-electron chi connectivity index (χ1n) is 4.01. The molecule has 0 saturated carbocycles. The van der Waals surface area contributed by atoms with Crippen molar-refractivity contribution in [2.45, 2.75) is 6.92 Å². The molecule has 1 aromatic carbocycles. The number of hydrogen-bond acceptors (Lipinski definition) is 2. The molecule has 5 heteroatoms. The Morgan fingerprint density at radius 3 is 2.64 bits per heavy atom. The molecule has 0 atom stereocenters. The number of hydrogen-bond donors (Lipinski definition) is 2. The molecule has 0 aliphatic heterocycles. The average Bonchev–Trinajstić information content (AvgIpc) is 2.10. The molecule has 0 saturated heterocycles. The van der Waals surface area contributed by atoms with Crippen molar-refractivity contribution in [1.82, 2.24) is 9.97 Å². The Bertz CT molecular complexity index is 612. The number of aryl methyl sites for hydroxylation is 1. The predicted octanol–water partition coefficient (Wildman–Crippen LogP) is 0.664. The highest BCUT2D eigenvalue weighted by molar-refractivity contribution is 5.81. The Hall–Kier alpha value is -1.91. The van der Waals surface area contributed by atoms with Gasteiger partial charge in [0.15, 0.2) is 0 Å². The van der Waals surface area contributed by atoms with E-state index < -0.39 is 17.1 Å². The van der Waals surface area contributed by atoms with E-state index in [-0.39, 0.29) is 10.9 Å². The largest absolute Gasteiger partial charge is 0.326 e. The van der Waals surface area contributed by atoms with Crippen LogP contribution >= 0.6 is 0 Å². The first kappa shape index (κ1) is 8.68. The van der Waals surface area contributed by atoms with Crippen molar-refractivity contribution in [1.29, 1.82) is 0 Å². The highest BCUT2D eigenvalue weighted by atomic mass is 19.1. The summed E-state index contributed by atoms with van der Waals surface area (Å²) in [6, 6.07) is 2.71. The Morgan fingerprint density at radius 1 is 1.21 bits per heavy atom. The van der Waals surface area contributed by atoms with E-state index in [9.17, 15) is 14.0 Å². The Morgan fingerprint density at radius 2 is 1.93 bits per heavy atom. The summed E-state index contributed by atoms with van der Waals surface area (Å²) in [5, 5.41) is 0.185. The van der Waals surface area contributed by atoms with E-state index >= 15 is 0 Å². The predicted molar refractivity (Wildman–Crippen MR) is 49.9 cm³/mol. The van der Waals surface area contributed by atoms with Gasteiger partial charge in [0.2, 0.25) is 0 Å². The van der Waals surface area contributed by atoms with Gasteiger partial charge in [0.1, 0.15) is 5.82 Å². The van der Waals surface area contributed by atoms with Crippen molar-refractivity contribution in [3.05, 3.63) is 44.4 Å². The van der Waals surface area contributed by atoms with Crippen LogP contribution in [0.1, 0.15) is 5.56 Å². The Balaban J connectivity index is 3.16. The van der Waals surface area contributed by atoms with Gasteiger partial charge in [0.05, 0.1) is 10.9 Å². The van der Waals surface area contributed by atoms with Crippen LogP contribution in [0.15, 0.2) is 21.7 Å². The lowest BCUT2D eigenvalue weighted by molar-refractivity contribution is 0.635. The van der Waals surface area contributed by atoms with Crippen LogP contribution in [0, 0.1) is 12.7 Å². The smallest absolute Gasteiger partial charge is 0.304 e. The van der Waals surface area contributed by atoms with E-state index in [2.05, 4.69) is 4.98 Å². The normalized spacial score (nSPS) is 10.7. The standard InChI is InChI=1S/C9H7FN2O2/c1-4-2-3-5(10)7-6(4)8(13)12-9(14)11-7/h2-3H,1H3,(H2,11,12,13,14). The number of nitrogens with one attached hydrogen (secondary N) is 2. The van der Waals surface area contributed by atoms with E-state index in [0.717, 1.165) is 0 Å². The van der Waals surface area contributed by atoms with E-state index in [1.807, 2.05) is 4.98 Å². The third-order valence-electron chi connectivity index (χ3n) is 2.06. The van der Waals surface area contributed by atoms with Crippen LogP contribution < -0.4 is 11.2 Å². The second-order valence-electron chi connectivity index (χ2n) is 3.02. The second-order valence-corrected chi connectivity index (χ2v) is 3.02. The fourth-order valence-electron chi connectivity index (χ4n) is 1.41. The molecule has 0 fully saturated rings. The van der Waals surface area contributed by atoms with Gasteiger partial charge in [-0.3, -0.25) is 9.78 Å². The van der Waals surface area contributed by atoms with Crippen molar-refractivity contribution in [2.24, 2.45) is 0 Å². The highest BCUT2D eigenvalue weighted by Gasteiger charge is 2.07. The molecule has 0 aliphatic carbocycles. The molecule has 14 heavy (non-hydrogen) atoms. The van der Waals surface area contributed by atoms with E-state index in [0.29, 0.717) is 5.56 Å². The van der Waals surface area contributed by atoms with Crippen LogP contribution in [-0.4, -0.2) is 9.97 Å². The molecular weight excluding hydrogens is 187 g/mol. The highest BCUT2D eigenvalue weighted by Crippen LogP contribution is 2.13. The van der Waals surface area contributed by atoms with Gasteiger partial charge in [-0.25, -0.2) is 9.18 Å². The molecule has 0 bridgehead atoms.